The molecule has 0 radical (unpaired) electrons. The van der Waals surface area contributed by atoms with Crippen LogP contribution in [0, 0.1) is 5.92 Å². The predicted molar refractivity (Wildman–Crippen MR) is 45.9 cm³/mol. The Morgan fingerprint density at radius 3 is 1.93 bits per heavy atom. The van der Waals surface area contributed by atoms with Gasteiger partial charge in [-0.15, -0.1) is 0 Å². The Hall–Kier alpha value is -1.05. The summed E-state index contributed by atoms with van der Waals surface area (Å²) in [6.45, 7) is 3.60. The minimum atomic E-state index is -4.78. The lowest BCUT2D eigenvalue weighted by Crippen LogP contribution is -2.43. The van der Waals surface area contributed by atoms with E-state index in [4.69, 9.17) is 0 Å². The molecule has 0 saturated heterocycles. The van der Waals surface area contributed by atoms with Gasteiger partial charge in [0.05, 0.1) is 0 Å². The third-order valence-electron chi connectivity index (χ3n) is 1.23. The van der Waals surface area contributed by atoms with E-state index in [0.29, 0.717) is 0 Å². The second-order valence-electron chi connectivity index (χ2n) is 3.07. The maximum absolute atomic E-state index is 12.2. The molecule has 0 aromatic rings. The molecule has 1 unspecified atom stereocenters. The Morgan fingerprint density at radius 2 is 1.67 bits per heavy atom. The van der Waals surface area contributed by atoms with Crippen LogP contribution in [0.2, 0.25) is 0 Å². The normalized spacial score (nSPS) is 13.5. The highest BCUT2D eigenvalue weighted by molar-refractivity contribution is 6.51. The van der Waals surface area contributed by atoms with Crippen LogP contribution in [-0.2, 0) is 18.4 Å². The average molecular weight is 244 g/mol. The summed E-state index contributed by atoms with van der Waals surface area (Å²) in [6.07, 6.45) is 0. The van der Waals surface area contributed by atoms with Crippen molar-refractivity contribution in [1.82, 2.24) is 0 Å². The molecule has 8 heteroatoms. The molecule has 0 bridgehead atoms. The molecule has 88 valence electrons. The minimum absolute atomic E-state index is 0.696. The summed E-state index contributed by atoms with van der Waals surface area (Å²) < 4.78 is 44.7. The summed E-state index contributed by atoms with van der Waals surface area (Å²) >= 11 is 0. The number of alkyl halides is 3. The van der Waals surface area contributed by atoms with Gasteiger partial charge in [-0.2, -0.15) is 13.2 Å². The lowest BCUT2D eigenvalue weighted by Gasteiger charge is -2.18. The summed E-state index contributed by atoms with van der Waals surface area (Å²) in [4.78, 5) is 21.3. The van der Waals surface area contributed by atoms with E-state index in [0.717, 1.165) is 6.92 Å². The summed E-state index contributed by atoms with van der Waals surface area (Å²) in [5, 5.41) is 0. The molecule has 0 fully saturated rings. The van der Waals surface area contributed by atoms with Crippen molar-refractivity contribution in [1.29, 1.82) is 0 Å². The van der Waals surface area contributed by atoms with E-state index in [2.05, 4.69) is 8.85 Å². The van der Waals surface area contributed by atoms with Gasteiger partial charge in [0.2, 0.25) is 0 Å². The average Bonchev–Trinajstić information content (AvgIpc) is 2.00. The second kappa shape index (κ2) is 5.15. The third-order valence-corrected chi connectivity index (χ3v) is 2.76. The maximum atomic E-state index is 12.2. The number of hydrogen-bond acceptors (Lipinski definition) is 4. The standard InChI is InChI=1S/C7H11F3O4Si/c1-4(2)6(12)14-15(7(8,9)10)13-5(3)11/h4,15H,1-3H3. The molecule has 4 nitrogen and oxygen atoms in total. The van der Waals surface area contributed by atoms with Crippen LogP contribution in [0.4, 0.5) is 13.2 Å². The minimum Gasteiger partial charge on any atom is -0.482 e. The fourth-order valence-electron chi connectivity index (χ4n) is 0.550. The zero-order valence-electron chi connectivity index (χ0n) is 8.42. The van der Waals surface area contributed by atoms with Gasteiger partial charge < -0.3 is 8.85 Å². The van der Waals surface area contributed by atoms with Crippen molar-refractivity contribution in [2.75, 3.05) is 0 Å². The first-order chi connectivity index (χ1) is 6.64. The van der Waals surface area contributed by atoms with Crippen LogP contribution in [0.15, 0.2) is 0 Å². The number of carbonyl (C=O) groups excluding carboxylic acids is 2. The molecule has 0 aliphatic heterocycles. The highest BCUT2D eigenvalue weighted by Gasteiger charge is 2.50. The lowest BCUT2D eigenvalue weighted by molar-refractivity contribution is -0.151. The van der Waals surface area contributed by atoms with Gasteiger partial charge in [-0.05, 0) is 0 Å². The zero-order chi connectivity index (χ0) is 12.2. The Labute approximate surface area is 86.2 Å². The zero-order valence-corrected chi connectivity index (χ0v) is 9.58. The third kappa shape index (κ3) is 5.40. The van der Waals surface area contributed by atoms with Crippen LogP contribution in [-0.4, -0.2) is 27.0 Å². The largest absolute Gasteiger partial charge is 0.563 e. The number of hydrogen-bond donors (Lipinski definition) is 0. The van der Waals surface area contributed by atoms with E-state index in [1.54, 1.807) is 0 Å². The van der Waals surface area contributed by atoms with Crippen molar-refractivity contribution in [3.63, 3.8) is 0 Å². The summed E-state index contributed by atoms with van der Waals surface area (Å²) in [6, 6.07) is 0. The Balaban J connectivity index is 4.52. The van der Waals surface area contributed by atoms with E-state index in [1.165, 1.54) is 13.8 Å². The van der Waals surface area contributed by atoms with Gasteiger partial charge >= 0.3 is 15.1 Å². The van der Waals surface area contributed by atoms with Crippen molar-refractivity contribution in [3.05, 3.63) is 0 Å². The summed E-state index contributed by atoms with van der Waals surface area (Å²) in [7, 11) is -4.29. The van der Waals surface area contributed by atoms with Gasteiger partial charge in [0.15, 0.2) is 0 Å². The number of rotatable bonds is 3. The topological polar surface area (TPSA) is 52.6 Å². The van der Waals surface area contributed by atoms with Crippen LogP contribution >= 0.6 is 0 Å². The van der Waals surface area contributed by atoms with Crippen molar-refractivity contribution < 1.29 is 31.6 Å². The van der Waals surface area contributed by atoms with Gasteiger partial charge in [0.25, 0.3) is 11.9 Å². The molecule has 0 saturated carbocycles. The van der Waals surface area contributed by atoms with Crippen LogP contribution in [0.5, 0.6) is 0 Å². The first-order valence-corrected chi connectivity index (χ1v) is 5.61. The Kier molecular flexibility index (Phi) is 4.79. The van der Waals surface area contributed by atoms with Crippen LogP contribution in [0.1, 0.15) is 20.8 Å². The molecule has 1 atom stereocenters. The number of carbonyl (C=O) groups is 2. The lowest BCUT2D eigenvalue weighted by atomic mass is 10.2. The van der Waals surface area contributed by atoms with Gasteiger partial charge in [-0.3, -0.25) is 9.59 Å². The molecular formula is C7H11F3O4Si. The fraction of sp³-hybridized carbons (Fsp3) is 0.714. The molecule has 0 amide bonds. The molecule has 0 heterocycles. The molecule has 0 N–H and O–H groups in total. The van der Waals surface area contributed by atoms with E-state index in [-0.39, 0.29) is 0 Å². The van der Waals surface area contributed by atoms with Crippen molar-refractivity contribution in [3.8, 4) is 0 Å². The van der Waals surface area contributed by atoms with E-state index < -0.39 is 32.9 Å². The van der Waals surface area contributed by atoms with Crippen molar-refractivity contribution in [2.24, 2.45) is 5.92 Å². The molecule has 15 heavy (non-hydrogen) atoms. The maximum Gasteiger partial charge on any atom is 0.563 e. The first kappa shape index (κ1) is 13.9. The fourth-order valence-corrected chi connectivity index (χ4v) is 1.65. The predicted octanol–water partition coefficient (Wildman–Crippen LogP) is 1.07. The van der Waals surface area contributed by atoms with Crippen LogP contribution in [0.25, 0.3) is 0 Å². The van der Waals surface area contributed by atoms with Crippen LogP contribution in [0.3, 0.4) is 0 Å². The smallest absolute Gasteiger partial charge is 0.482 e. The monoisotopic (exact) mass is 244 g/mol. The highest BCUT2D eigenvalue weighted by Crippen LogP contribution is 2.21. The SMILES string of the molecule is CC(=O)O[SiH](OC(=O)C(C)C)C(F)(F)F. The molecule has 0 aliphatic carbocycles. The van der Waals surface area contributed by atoms with Gasteiger partial charge in [0, 0.05) is 12.8 Å². The molecule has 0 spiro atoms. The molecule has 0 aromatic carbocycles. The van der Waals surface area contributed by atoms with Gasteiger partial charge in [0.1, 0.15) is 0 Å². The second-order valence-corrected chi connectivity index (χ2v) is 4.86. The summed E-state index contributed by atoms with van der Waals surface area (Å²) in [5.41, 5.74) is 0. The van der Waals surface area contributed by atoms with E-state index >= 15 is 0 Å². The molecule has 0 aromatic heterocycles. The number of halogens is 3. The quantitative estimate of drug-likeness (QED) is 0.697. The Bertz CT molecular complexity index is 251. The van der Waals surface area contributed by atoms with Gasteiger partial charge in [-0.1, -0.05) is 13.8 Å². The van der Waals surface area contributed by atoms with Gasteiger partial charge in [-0.25, -0.2) is 0 Å². The van der Waals surface area contributed by atoms with Crippen LogP contribution < -0.4 is 0 Å². The van der Waals surface area contributed by atoms with Crippen molar-refractivity contribution >= 4 is 21.2 Å². The molecule has 0 rings (SSSR count). The molecular weight excluding hydrogens is 233 g/mol. The first-order valence-electron chi connectivity index (χ1n) is 4.09. The summed E-state index contributed by atoms with van der Waals surface area (Å²) in [5.74, 6) is -7.61. The highest BCUT2D eigenvalue weighted by atomic mass is 28.3. The van der Waals surface area contributed by atoms with E-state index in [1.807, 2.05) is 0 Å². The molecule has 0 aliphatic rings. The van der Waals surface area contributed by atoms with E-state index in [9.17, 15) is 22.8 Å². The Morgan fingerprint density at radius 1 is 1.20 bits per heavy atom. The van der Waals surface area contributed by atoms with Crippen molar-refractivity contribution in [2.45, 2.75) is 26.6 Å².